The number of nitrogens with one attached hydrogen (secondary N) is 1. The van der Waals surface area contributed by atoms with Crippen molar-refractivity contribution in [3.8, 4) is 0 Å². The third kappa shape index (κ3) is 3.77. The van der Waals surface area contributed by atoms with Crippen molar-refractivity contribution < 1.29 is 4.79 Å². The van der Waals surface area contributed by atoms with Crippen LogP contribution < -0.4 is 11.1 Å². The summed E-state index contributed by atoms with van der Waals surface area (Å²) in [5, 5.41) is 2.87. The topological polar surface area (TPSA) is 55.1 Å². The number of carbonyl (C=O) groups is 1. The molecule has 1 aromatic rings. The molecule has 1 amide bonds. The molecule has 0 aromatic heterocycles. The summed E-state index contributed by atoms with van der Waals surface area (Å²) >= 11 is 1.78. The van der Waals surface area contributed by atoms with Crippen molar-refractivity contribution >= 4 is 23.4 Å². The van der Waals surface area contributed by atoms with Crippen LogP contribution in [-0.2, 0) is 0 Å². The monoisotopic (exact) mass is 238 g/mol. The van der Waals surface area contributed by atoms with Crippen molar-refractivity contribution in [1.82, 2.24) is 5.32 Å². The number of benzene rings is 1. The lowest BCUT2D eigenvalue weighted by atomic mass is 10.1. The molecule has 0 saturated carbocycles. The van der Waals surface area contributed by atoms with E-state index in [9.17, 15) is 4.79 Å². The van der Waals surface area contributed by atoms with Crippen molar-refractivity contribution in [2.75, 3.05) is 24.3 Å². The van der Waals surface area contributed by atoms with Crippen LogP contribution in [-0.4, -0.2) is 24.5 Å². The molecule has 0 aliphatic carbocycles. The molecule has 1 aromatic carbocycles. The Balaban J connectivity index is 2.55. The fraction of sp³-hybridized carbons (Fsp3) is 0.417. The van der Waals surface area contributed by atoms with Gasteiger partial charge in [-0.1, -0.05) is 11.6 Å². The van der Waals surface area contributed by atoms with Crippen LogP contribution in [0, 0.1) is 6.92 Å². The molecule has 0 spiro atoms. The summed E-state index contributed by atoms with van der Waals surface area (Å²) in [7, 11) is 0. The number of amides is 1. The third-order valence-electron chi connectivity index (χ3n) is 2.26. The summed E-state index contributed by atoms with van der Waals surface area (Å²) in [6.45, 7) is 2.65. The third-order valence-corrected chi connectivity index (χ3v) is 2.96. The smallest absolute Gasteiger partial charge is 0.253 e. The largest absolute Gasteiger partial charge is 0.398 e. The Labute approximate surface area is 101 Å². The average Bonchev–Trinajstić information content (AvgIpc) is 2.27. The number of rotatable bonds is 5. The predicted molar refractivity (Wildman–Crippen MR) is 70.9 cm³/mol. The van der Waals surface area contributed by atoms with Gasteiger partial charge in [-0.15, -0.1) is 0 Å². The van der Waals surface area contributed by atoms with E-state index >= 15 is 0 Å². The van der Waals surface area contributed by atoms with Crippen LogP contribution in [0.5, 0.6) is 0 Å². The molecule has 3 N–H and O–H groups in total. The maximum absolute atomic E-state index is 11.8. The molecule has 0 radical (unpaired) electrons. The molecule has 88 valence electrons. The van der Waals surface area contributed by atoms with Crippen LogP contribution >= 0.6 is 11.8 Å². The van der Waals surface area contributed by atoms with Crippen LogP contribution in [0.1, 0.15) is 22.3 Å². The van der Waals surface area contributed by atoms with Gasteiger partial charge in [-0.05, 0) is 37.5 Å². The first-order chi connectivity index (χ1) is 7.65. The maximum Gasteiger partial charge on any atom is 0.253 e. The number of hydrogen-bond donors (Lipinski definition) is 2. The van der Waals surface area contributed by atoms with Gasteiger partial charge in [-0.3, -0.25) is 4.79 Å². The molecular formula is C12H18N2OS. The minimum Gasteiger partial charge on any atom is -0.398 e. The number of nitrogens with two attached hydrogens (primary N) is 1. The van der Waals surface area contributed by atoms with Crippen LogP contribution in [0.3, 0.4) is 0 Å². The Morgan fingerprint density at radius 2 is 2.25 bits per heavy atom. The van der Waals surface area contributed by atoms with E-state index in [1.54, 1.807) is 17.8 Å². The van der Waals surface area contributed by atoms with Gasteiger partial charge in [0.05, 0.1) is 5.56 Å². The molecule has 0 atom stereocenters. The predicted octanol–water partition coefficient (Wildman–Crippen LogP) is 2.06. The summed E-state index contributed by atoms with van der Waals surface area (Å²) < 4.78 is 0. The van der Waals surface area contributed by atoms with Crippen molar-refractivity contribution in [3.05, 3.63) is 29.3 Å². The number of anilines is 1. The average molecular weight is 238 g/mol. The normalized spacial score (nSPS) is 10.1. The highest BCUT2D eigenvalue weighted by Gasteiger charge is 2.08. The Bertz CT molecular complexity index is 366. The lowest BCUT2D eigenvalue weighted by Crippen LogP contribution is -2.25. The molecule has 4 heteroatoms. The molecular weight excluding hydrogens is 220 g/mol. The zero-order chi connectivity index (χ0) is 12.0. The number of thioether (sulfide) groups is 1. The number of carbonyl (C=O) groups excluding carboxylic acids is 1. The van der Waals surface area contributed by atoms with Gasteiger partial charge in [0.25, 0.3) is 5.91 Å². The highest BCUT2D eigenvalue weighted by Crippen LogP contribution is 2.13. The molecule has 0 bridgehead atoms. The van der Waals surface area contributed by atoms with Gasteiger partial charge in [0.1, 0.15) is 0 Å². The molecule has 0 aliphatic heterocycles. The van der Waals surface area contributed by atoms with Crippen LogP contribution in [0.4, 0.5) is 5.69 Å². The molecule has 1 rings (SSSR count). The number of nitrogen functional groups attached to an aromatic ring is 1. The van der Waals surface area contributed by atoms with Gasteiger partial charge < -0.3 is 11.1 Å². The second-order valence-corrected chi connectivity index (χ2v) is 4.68. The fourth-order valence-corrected chi connectivity index (χ4v) is 1.81. The van der Waals surface area contributed by atoms with E-state index in [0.717, 1.165) is 17.7 Å². The molecule has 16 heavy (non-hydrogen) atoms. The van der Waals surface area contributed by atoms with Gasteiger partial charge in [0.15, 0.2) is 0 Å². The first kappa shape index (κ1) is 12.9. The van der Waals surface area contributed by atoms with Crippen molar-refractivity contribution in [2.24, 2.45) is 0 Å². The standard InChI is InChI=1S/C12H18N2OS/c1-9-4-5-11(13)10(8-9)12(15)14-6-3-7-16-2/h4-5,8H,3,6-7,13H2,1-2H3,(H,14,15). The zero-order valence-corrected chi connectivity index (χ0v) is 10.6. The lowest BCUT2D eigenvalue weighted by molar-refractivity contribution is 0.0954. The van der Waals surface area contributed by atoms with Crippen molar-refractivity contribution in [1.29, 1.82) is 0 Å². The quantitative estimate of drug-likeness (QED) is 0.610. The molecule has 0 fully saturated rings. The SMILES string of the molecule is CSCCCNC(=O)c1cc(C)ccc1N. The second kappa shape index (κ2) is 6.43. The van der Waals surface area contributed by atoms with E-state index in [2.05, 4.69) is 11.6 Å². The first-order valence-electron chi connectivity index (χ1n) is 5.28. The summed E-state index contributed by atoms with van der Waals surface area (Å²) in [6.07, 6.45) is 3.04. The van der Waals surface area contributed by atoms with Crippen LogP contribution in [0.15, 0.2) is 18.2 Å². The molecule has 0 saturated heterocycles. The minimum absolute atomic E-state index is 0.0812. The zero-order valence-electron chi connectivity index (χ0n) is 9.75. The summed E-state index contributed by atoms with van der Waals surface area (Å²) in [5.41, 5.74) is 7.91. The second-order valence-electron chi connectivity index (χ2n) is 3.69. The summed E-state index contributed by atoms with van der Waals surface area (Å²) in [4.78, 5) is 11.8. The highest BCUT2D eigenvalue weighted by molar-refractivity contribution is 7.98. The Morgan fingerprint density at radius 1 is 1.50 bits per heavy atom. The van der Waals surface area contributed by atoms with Crippen molar-refractivity contribution in [3.63, 3.8) is 0 Å². The van der Waals surface area contributed by atoms with Crippen LogP contribution in [0.2, 0.25) is 0 Å². The van der Waals surface area contributed by atoms with Gasteiger partial charge in [0, 0.05) is 12.2 Å². The van der Waals surface area contributed by atoms with Crippen molar-refractivity contribution in [2.45, 2.75) is 13.3 Å². The summed E-state index contributed by atoms with van der Waals surface area (Å²) in [5.74, 6) is 0.978. The molecule has 0 heterocycles. The van der Waals surface area contributed by atoms with Gasteiger partial charge in [-0.2, -0.15) is 11.8 Å². The van der Waals surface area contributed by atoms with E-state index in [-0.39, 0.29) is 5.91 Å². The Kier molecular flexibility index (Phi) is 5.19. The van der Waals surface area contributed by atoms with E-state index in [0.29, 0.717) is 17.8 Å². The maximum atomic E-state index is 11.8. The van der Waals surface area contributed by atoms with E-state index in [1.165, 1.54) is 0 Å². The lowest BCUT2D eigenvalue weighted by Gasteiger charge is -2.07. The molecule has 0 unspecified atom stereocenters. The van der Waals surface area contributed by atoms with Crippen LogP contribution in [0.25, 0.3) is 0 Å². The summed E-state index contributed by atoms with van der Waals surface area (Å²) in [6, 6.07) is 5.49. The Hall–Kier alpha value is -1.16. The van der Waals surface area contributed by atoms with Gasteiger partial charge >= 0.3 is 0 Å². The van der Waals surface area contributed by atoms with Gasteiger partial charge in [0.2, 0.25) is 0 Å². The minimum atomic E-state index is -0.0812. The number of hydrogen-bond acceptors (Lipinski definition) is 3. The Morgan fingerprint density at radius 3 is 2.94 bits per heavy atom. The molecule has 3 nitrogen and oxygen atoms in total. The van der Waals surface area contributed by atoms with Gasteiger partial charge in [-0.25, -0.2) is 0 Å². The fourth-order valence-electron chi connectivity index (χ4n) is 1.38. The number of aryl methyl sites for hydroxylation is 1. The van der Waals surface area contributed by atoms with E-state index in [4.69, 9.17) is 5.73 Å². The highest BCUT2D eigenvalue weighted by atomic mass is 32.2. The first-order valence-corrected chi connectivity index (χ1v) is 6.68. The molecule has 0 aliphatic rings. The van der Waals surface area contributed by atoms with E-state index in [1.807, 2.05) is 19.1 Å². The van der Waals surface area contributed by atoms with E-state index < -0.39 is 0 Å².